The van der Waals surface area contributed by atoms with Gasteiger partial charge in [0, 0.05) is 19.2 Å². The maximum atomic E-state index is 12.7. The van der Waals surface area contributed by atoms with Crippen molar-refractivity contribution in [1.82, 2.24) is 4.90 Å². The zero-order chi connectivity index (χ0) is 21.7. The number of carbonyl (C=O) groups is 3. The Morgan fingerprint density at radius 2 is 2.00 bits per heavy atom. The fourth-order valence-corrected chi connectivity index (χ4v) is 3.81. The molecule has 1 saturated heterocycles. The van der Waals surface area contributed by atoms with Gasteiger partial charge in [0.2, 0.25) is 11.8 Å². The molecule has 1 aliphatic rings. The molecular weight excluding hydrogens is 406 g/mol. The quantitative estimate of drug-likeness (QED) is 0.732. The number of benzene rings is 2. The average Bonchev–Trinajstić information content (AvgIpc) is 2.73. The molecule has 0 saturated carbocycles. The van der Waals surface area contributed by atoms with E-state index >= 15 is 0 Å². The molecule has 2 N–H and O–H groups in total. The first-order valence-electron chi connectivity index (χ1n) is 9.26. The summed E-state index contributed by atoms with van der Waals surface area (Å²) < 4.78 is 5.41. The van der Waals surface area contributed by atoms with Crippen LogP contribution in [0.4, 0.5) is 11.4 Å². The fraction of sp³-hybridized carbons (Fsp3) is 0.238. The summed E-state index contributed by atoms with van der Waals surface area (Å²) in [4.78, 5) is 42.1. The van der Waals surface area contributed by atoms with E-state index in [0.717, 1.165) is 5.75 Å². The minimum atomic E-state index is -1.08. The molecule has 2 amide bonds. The van der Waals surface area contributed by atoms with Crippen molar-refractivity contribution >= 4 is 46.1 Å². The van der Waals surface area contributed by atoms with Crippen molar-refractivity contribution < 1.29 is 24.2 Å². The number of hydrogen-bond donors (Lipinski definition) is 2. The molecule has 0 aliphatic carbocycles. The molecule has 3 rings (SSSR count). The Bertz CT molecular complexity index is 990. The van der Waals surface area contributed by atoms with Crippen LogP contribution in [-0.2, 0) is 9.59 Å². The van der Waals surface area contributed by atoms with Gasteiger partial charge in [-0.1, -0.05) is 17.8 Å². The predicted octanol–water partition coefficient (Wildman–Crippen LogP) is 3.37. The van der Waals surface area contributed by atoms with Gasteiger partial charge in [0.15, 0.2) is 5.17 Å². The van der Waals surface area contributed by atoms with Gasteiger partial charge in [0.1, 0.15) is 11.0 Å². The molecule has 0 aromatic heterocycles. The van der Waals surface area contributed by atoms with E-state index in [2.05, 4.69) is 10.3 Å². The molecule has 9 heteroatoms. The van der Waals surface area contributed by atoms with Crippen molar-refractivity contribution in [3.63, 3.8) is 0 Å². The lowest BCUT2D eigenvalue weighted by Gasteiger charge is -2.28. The Morgan fingerprint density at radius 1 is 1.27 bits per heavy atom. The number of carboxylic acid groups (broad SMARTS) is 1. The summed E-state index contributed by atoms with van der Waals surface area (Å²) in [6.07, 6.45) is 0.0217. The molecule has 2 aromatic carbocycles. The van der Waals surface area contributed by atoms with Gasteiger partial charge in [0.25, 0.3) is 0 Å². The Balaban J connectivity index is 1.75. The largest absolute Gasteiger partial charge is 0.494 e. The summed E-state index contributed by atoms with van der Waals surface area (Å²) in [6, 6.07) is 13.1. The minimum absolute atomic E-state index is 0.0217. The second kappa shape index (κ2) is 9.45. The van der Waals surface area contributed by atoms with Gasteiger partial charge >= 0.3 is 5.97 Å². The van der Waals surface area contributed by atoms with Crippen LogP contribution in [0.3, 0.4) is 0 Å². The highest BCUT2D eigenvalue weighted by atomic mass is 32.2. The molecule has 0 bridgehead atoms. The number of aliphatic imine (C=N–C) groups is 1. The molecule has 1 aliphatic heterocycles. The van der Waals surface area contributed by atoms with Crippen LogP contribution < -0.4 is 10.1 Å². The number of rotatable bonds is 6. The summed E-state index contributed by atoms with van der Waals surface area (Å²) in [5.74, 6) is -0.969. The molecule has 1 unspecified atom stereocenters. The van der Waals surface area contributed by atoms with Gasteiger partial charge in [0.05, 0.1) is 17.9 Å². The Kier molecular flexibility index (Phi) is 6.73. The zero-order valence-corrected chi connectivity index (χ0v) is 17.3. The second-order valence-corrected chi connectivity index (χ2v) is 7.63. The summed E-state index contributed by atoms with van der Waals surface area (Å²) in [6.45, 7) is 2.46. The van der Waals surface area contributed by atoms with Gasteiger partial charge in [-0.15, -0.1) is 0 Å². The number of ether oxygens (including phenoxy) is 1. The molecule has 156 valence electrons. The minimum Gasteiger partial charge on any atom is -0.494 e. The Labute approximate surface area is 177 Å². The number of hydrogen-bond acceptors (Lipinski definition) is 6. The van der Waals surface area contributed by atoms with E-state index in [4.69, 9.17) is 9.84 Å². The Hall–Kier alpha value is -3.33. The fourth-order valence-electron chi connectivity index (χ4n) is 2.74. The molecule has 0 spiro atoms. The van der Waals surface area contributed by atoms with E-state index in [-0.39, 0.29) is 23.8 Å². The number of carbonyl (C=O) groups excluding carboxylic acids is 2. The first-order chi connectivity index (χ1) is 14.4. The van der Waals surface area contributed by atoms with E-state index in [1.807, 2.05) is 6.92 Å². The average molecular weight is 427 g/mol. The van der Waals surface area contributed by atoms with Crippen LogP contribution in [0.25, 0.3) is 0 Å². The lowest BCUT2D eigenvalue weighted by Crippen LogP contribution is -2.43. The lowest BCUT2D eigenvalue weighted by molar-refractivity contribution is -0.128. The number of nitrogens with one attached hydrogen (secondary N) is 1. The third-order valence-corrected chi connectivity index (χ3v) is 5.55. The van der Waals surface area contributed by atoms with Crippen molar-refractivity contribution in [2.75, 3.05) is 19.0 Å². The molecule has 1 fully saturated rings. The van der Waals surface area contributed by atoms with Gasteiger partial charge in [-0.2, -0.15) is 0 Å². The zero-order valence-electron chi connectivity index (χ0n) is 16.5. The Morgan fingerprint density at radius 3 is 2.67 bits per heavy atom. The van der Waals surface area contributed by atoms with E-state index in [1.165, 1.54) is 28.8 Å². The standard InChI is InChI=1S/C21H21N3O5S/c1-3-29-16-9-7-14(8-10-16)23-21-24(2)18(25)12-17(30-21)19(26)22-15-6-4-5-13(11-15)20(27)28/h4-11,17H,3,12H2,1-2H3,(H,22,26)(H,27,28). The molecule has 8 nitrogen and oxygen atoms in total. The number of amidine groups is 1. The van der Waals surface area contributed by atoms with Gasteiger partial charge in [-0.3, -0.25) is 14.5 Å². The highest BCUT2D eigenvalue weighted by molar-refractivity contribution is 8.15. The summed E-state index contributed by atoms with van der Waals surface area (Å²) >= 11 is 1.19. The molecule has 30 heavy (non-hydrogen) atoms. The number of carboxylic acids is 1. The first-order valence-corrected chi connectivity index (χ1v) is 10.1. The van der Waals surface area contributed by atoms with E-state index in [9.17, 15) is 14.4 Å². The molecule has 1 atom stereocenters. The van der Waals surface area contributed by atoms with Crippen molar-refractivity contribution in [3.8, 4) is 5.75 Å². The van der Waals surface area contributed by atoms with Crippen LogP contribution in [0, 0.1) is 0 Å². The lowest BCUT2D eigenvalue weighted by atomic mass is 10.2. The van der Waals surface area contributed by atoms with Crippen LogP contribution in [0.1, 0.15) is 23.7 Å². The van der Waals surface area contributed by atoms with Crippen LogP contribution in [0.5, 0.6) is 5.75 Å². The van der Waals surface area contributed by atoms with Crippen molar-refractivity contribution in [2.24, 2.45) is 4.99 Å². The third kappa shape index (κ3) is 5.18. The maximum absolute atomic E-state index is 12.7. The molecule has 2 aromatic rings. The van der Waals surface area contributed by atoms with Gasteiger partial charge in [-0.25, -0.2) is 9.79 Å². The number of amides is 2. The smallest absolute Gasteiger partial charge is 0.335 e. The van der Waals surface area contributed by atoms with E-state index in [0.29, 0.717) is 23.1 Å². The first kappa shape index (κ1) is 21.4. The summed E-state index contributed by atoms with van der Waals surface area (Å²) in [7, 11) is 1.62. The van der Waals surface area contributed by atoms with Crippen LogP contribution in [0.2, 0.25) is 0 Å². The number of anilines is 1. The van der Waals surface area contributed by atoms with E-state index < -0.39 is 11.2 Å². The number of aromatic carboxylic acids is 1. The molecular formula is C21H21N3O5S. The maximum Gasteiger partial charge on any atom is 0.335 e. The normalized spacial score (nSPS) is 17.7. The summed E-state index contributed by atoms with van der Waals surface area (Å²) in [5.41, 5.74) is 1.06. The van der Waals surface area contributed by atoms with Crippen molar-refractivity contribution in [2.45, 2.75) is 18.6 Å². The number of nitrogens with zero attached hydrogens (tertiary/aromatic N) is 2. The predicted molar refractivity (Wildman–Crippen MR) is 116 cm³/mol. The van der Waals surface area contributed by atoms with Gasteiger partial charge < -0.3 is 15.2 Å². The molecule has 0 radical (unpaired) electrons. The topological polar surface area (TPSA) is 108 Å². The third-order valence-electron chi connectivity index (χ3n) is 4.31. The van der Waals surface area contributed by atoms with Crippen molar-refractivity contribution in [3.05, 3.63) is 54.1 Å². The molecule has 1 heterocycles. The van der Waals surface area contributed by atoms with Crippen LogP contribution in [0.15, 0.2) is 53.5 Å². The highest BCUT2D eigenvalue weighted by Crippen LogP contribution is 2.29. The summed E-state index contributed by atoms with van der Waals surface area (Å²) in [5, 5.41) is 11.5. The monoisotopic (exact) mass is 427 g/mol. The van der Waals surface area contributed by atoms with Crippen LogP contribution in [-0.4, -0.2) is 51.9 Å². The number of thioether (sulfide) groups is 1. The SMILES string of the molecule is CCOc1ccc(N=C2SC(C(=O)Nc3cccc(C(=O)O)c3)CC(=O)N2C)cc1. The second-order valence-electron chi connectivity index (χ2n) is 6.46. The highest BCUT2D eigenvalue weighted by Gasteiger charge is 2.34. The van der Waals surface area contributed by atoms with E-state index in [1.54, 1.807) is 43.4 Å². The van der Waals surface area contributed by atoms with Crippen LogP contribution >= 0.6 is 11.8 Å². The van der Waals surface area contributed by atoms with Crippen molar-refractivity contribution in [1.29, 1.82) is 0 Å². The van der Waals surface area contributed by atoms with Gasteiger partial charge in [-0.05, 0) is 49.4 Å².